The summed E-state index contributed by atoms with van der Waals surface area (Å²) in [5, 5.41) is 10.3. The summed E-state index contributed by atoms with van der Waals surface area (Å²) < 4.78 is 5.40. The van der Waals surface area contributed by atoms with Gasteiger partial charge in [-0.15, -0.1) is 0 Å². The van der Waals surface area contributed by atoms with Crippen molar-refractivity contribution < 1.29 is 14.6 Å². The fourth-order valence-electron chi connectivity index (χ4n) is 2.65. The number of ether oxygens (including phenoxy) is 1. The van der Waals surface area contributed by atoms with Crippen molar-refractivity contribution in [1.82, 2.24) is 4.90 Å². The quantitative estimate of drug-likeness (QED) is 0.912. The van der Waals surface area contributed by atoms with Crippen LogP contribution < -0.4 is 0 Å². The molecule has 0 spiro atoms. The lowest BCUT2D eigenvalue weighted by Gasteiger charge is -2.24. The van der Waals surface area contributed by atoms with Crippen LogP contribution in [0.2, 0.25) is 5.02 Å². The van der Waals surface area contributed by atoms with E-state index in [0.717, 1.165) is 5.56 Å². The van der Waals surface area contributed by atoms with Gasteiger partial charge in [0.1, 0.15) is 5.60 Å². The topological polar surface area (TPSA) is 49.8 Å². The Bertz CT molecular complexity index is 512. The first-order valence-electron chi connectivity index (χ1n) is 7.14. The predicted octanol–water partition coefficient (Wildman–Crippen LogP) is 3.28. The van der Waals surface area contributed by atoms with E-state index in [1.807, 2.05) is 45.0 Å². The van der Waals surface area contributed by atoms with Crippen molar-refractivity contribution >= 4 is 17.7 Å². The van der Waals surface area contributed by atoms with Gasteiger partial charge in [0, 0.05) is 36.6 Å². The van der Waals surface area contributed by atoms with Crippen molar-refractivity contribution in [3.05, 3.63) is 34.9 Å². The van der Waals surface area contributed by atoms with Gasteiger partial charge >= 0.3 is 6.09 Å². The summed E-state index contributed by atoms with van der Waals surface area (Å²) in [7, 11) is 0. The summed E-state index contributed by atoms with van der Waals surface area (Å²) >= 11 is 6.03. The van der Waals surface area contributed by atoms with E-state index >= 15 is 0 Å². The van der Waals surface area contributed by atoms with Crippen molar-refractivity contribution in [3.8, 4) is 0 Å². The summed E-state index contributed by atoms with van der Waals surface area (Å²) in [6.45, 7) is 6.62. The number of aliphatic hydroxyl groups excluding tert-OH is 1. The van der Waals surface area contributed by atoms with Gasteiger partial charge in [0.2, 0.25) is 0 Å². The highest BCUT2D eigenvalue weighted by Crippen LogP contribution is 2.34. The van der Waals surface area contributed by atoms with Crippen LogP contribution in [0.15, 0.2) is 24.3 Å². The number of nitrogens with zero attached hydrogens (tertiary/aromatic N) is 1. The van der Waals surface area contributed by atoms with Crippen LogP contribution in [-0.2, 0) is 4.74 Å². The molecule has 2 rings (SSSR count). The number of likely N-dealkylation sites (tertiary alicyclic amines) is 1. The van der Waals surface area contributed by atoms with Crippen molar-refractivity contribution in [2.24, 2.45) is 5.92 Å². The Labute approximate surface area is 130 Å². The maximum atomic E-state index is 12.2. The maximum Gasteiger partial charge on any atom is 0.410 e. The molecule has 1 heterocycles. The van der Waals surface area contributed by atoms with Crippen LogP contribution in [-0.4, -0.2) is 41.4 Å². The molecule has 0 saturated carbocycles. The summed E-state index contributed by atoms with van der Waals surface area (Å²) in [6, 6.07) is 7.59. The lowest BCUT2D eigenvalue weighted by molar-refractivity contribution is 0.0283. The molecule has 0 bridgehead atoms. The van der Waals surface area contributed by atoms with Gasteiger partial charge in [-0.2, -0.15) is 0 Å². The minimum absolute atomic E-state index is 0.0102. The number of aliphatic hydroxyl groups is 1. The Morgan fingerprint density at radius 2 is 2.14 bits per heavy atom. The smallest absolute Gasteiger partial charge is 0.410 e. The first-order chi connectivity index (χ1) is 9.80. The van der Waals surface area contributed by atoms with E-state index in [9.17, 15) is 9.90 Å². The zero-order chi connectivity index (χ0) is 15.6. The van der Waals surface area contributed by atoms with E-state index in [4.69, 9.17) is 16.3 Å². The van der Waals surface area contributed by atoms with E-state index in [0.29, 0.717) is 18.1 Å². The second-order valence-electron chi connectivity index (χ2n) is 6.49. The Kier molecular flexibility index (Phi) is 4.79. The lowest BCUT2D eigenvalue weighted by atomic mass is 9.90. The minimum Gasteiger partial charge on any atom is -0.444 e. The van der Waals surface area contributed by atoms with Gasteiger partial charge in [0.15, 0.2) is 0 Å². The van der Waals surface area contributed by atoms with E-state index in [1.165, 1.54) is 0 Å². The molecule has 4 nitrogen and oxygen atoms in total. The largest absolute Gasteiger partial charge is 0.444 e. The number of carbonyl (C=O) groups excluding carboxylic acids is 1. The molecule has 0 radical (unpaired) electrons. The zero-order valence-electron chi connectivity index (χ0n) is 12.7. The summed E-state index contributed by atoms with van der Waals surface area (Å²) in [4.78, 5) is 13.8. The Morgan fingerprint density at radius 3 is 2.71 bits per heavy atom. The van der Waals surface area contributed by atoms with Crippen molar-refractivity contribution in [1.29, 1.82) is 0 Å². The third-order valence-corrected chi connectivity index (χ3v) is 3.84. The Morgan fingerprint density at radius 1 is 1.43 bits per heavy atom. The molecule has 1 aromatic carbocycles. The molecule has 0 aliphatic carbocycles. The number of benzene rings is 1. The number of hydrogen-bond acceptors (Lipinski definition) is 3. The SMILES string of the molecule is CC(C)(C)OC(=O)N1CC(c2cccc(Cl)c2)[C@@H](CO)C1. The number of amides is 1. The molecule has 5 heteroatoms. The minimum atomic E-state index is -0.514. The van der Waals surface area contributed by atoms with Crippen molar-refractivity contribution in [2.45, 2.75) is 32.3 Å². The van der Waals surface area contributed by atoms with Crippen LogP contribution in [0, 0.1) is 5.92 Å². The average Bonchev–Trinajstić information content (AvgIpc) is 2.81. The van der Waals surface area contributed by atoms with Crippen LogP contribution in [0.1, 0.15) is 32.3 Å². The molecule has 1 N–H and O–H groups in total. The molecule has 1 unspecified atom stereocenters. The van der Waals surface area contributed by atoms with Crippen molar-refractivity contribution in [2.75, 3.05) is 19.7 Å². The monoisotopic (exact) mass is 311 g/mol. The third-order valence-electron chi connectivity index (χ3n) is 3.60. The second-order valence-corrected chi connectivity index (χ2v) is 6.93. The van der Waals surface area contributed by atoms with Crippen LogP contribution in [0.4, 0.5) is 4.79 Å². The number of rotatable bonds is 2. The molecule has 116 valence electrons. The molecule has 1 amide bonds. The van der Waals surface area contributed by atoms with Gasteiger partial charge in [-0.05, 0) is 38.5 Å². The van der Waals surface area contributed by atoms with E-state index < -0.39 is 5.60 Å². The van der Waals surface area contributed by atoms with E-state index in [1.54, 1.807) is 4.90 Å². The molecule has 1 aliphatic rings. The van der Waals surface area contributed by atoms with Gasteiger partial charge in [-0.3, -0.25) is 0 Å². The van der Waals surface area contributed by atoms with E-state index in [2.05, 4.69) is 0 Å². The second kappa shape index (κ2) is 6.24. The lowest BCUT2D eigenvalue weighted by Crippen LogP contribution is -2.35. The molecular weight excluding hydrogens is 290 g/mol. The van der Waals surface area contributed by atoms with Crippen LogP contribution in [0.3, 0.4) is 0 Å². The van der Waals surface area contributed by atoms with Gasteiger partial charge in [0.25, 0.3) is 0 Å². The molecule has 21 heavy (non-hydrogen) atoms. The maximum absolute atomic E-state index is 12.2. The molecule has 1 saturated heterocycles. The predicted molar refractivity (Wildman–Crippen MR) is 82.6 cm³/mol. The van der Waals surface area contributed by atoms with Crippen LogP contribution >= 0.6 is 11.6 Å². The standard InChI is InChI=1S/C16H22ClNO3/c1-16(2,3)21-15(20)18-8-12(10-19)14(9-18)11-5-4-6-13(17)7-11/h4-7,12,14,19H,8-10H2,1-3H3/t12-,14?/m1/s1. The van der Waals surface area contributed by atoms with Gasteiger partial charge < -0.3 is 14.7 Å². The normalized spacial score (nSPS) is 22.4. The molecule has 1 aliphatic heterocycles. The van der Waals surface area contributed by atoms with E-state index in [-0.39, 0.29) is 24.5 Å². The first-order valence-corrected chi connectivity index (χ1v) is 7.52. The van der Waals surface area contributed by atoms with Crippen molar-refractivity contribution in [3.63, 3.8) is 0 Å². The highest BCUT2D eigenvalue weighted by molar-refractivity contribution is 6.30. The molecule has 1 fully saturated rings. The highest BCUT2D eigenvalue weighted by atomic mass is 35.5. The third kappa shape index (κ3) is 4.11. The van der Waals surface area contributed by atoms with Crippen LogP contribution in [0.25, 0.3) is 0 Å². The van der Waals surface area contributed by atoms with Crippen LogP contribution in [0.5, 0.6) is 0 Å². The number of hydrogen-bond donors (Lipinski definition) is 1. The number of halogens is 1. The highest BCUT2D eigenvalue weighted by Gasteiger charge is 2.37. The summed E-state index contributed by atoms with van der Waals surface area (Å²) in [5.74, 6) is 0.0946. The molecule has 2 atom stereocenters. The Balaban J connectivity index is 2.12. The summed E-state index contributed by atoms with van der Waals surface area (Å²) in [5.41, 5.74) is 0.535. The van der Waals surface area contributed by atoms with Gasteiger partial charge in [-0.25, -0.2) is 4.79 Å². The first kappa shape index (κ1) is 16.1. The molecular formula is C16H22ClNO3. The summed E-state index contributed by atoms with van der Waals surface area (Å²) in [6.07, 6.45) is -0.328. The molecule has 0 aromatic heterocycles. The fourth-order valence-corrected chi connectivity index (χ4v) is 2.85. The van der Waals surface area contributed by atoms with Gasteiger partial charge in [-0.1, -0.05) is 23.7 Å². The van der Waals surface area contributed by atoms with Gasteiger partial charge in [0.05, 0.1) is 0 Å². The fraction of sp³-hybridized carbons (Fsp3) is 0.562. The zero-order valence-corrected chi connectivity index (χ0v) is 13.4. The average molecular weight is 312 g/mol. The number of carbonyl (C=O) groups is 1. The Hall–Kier alpha value is -1.26. The molecule has 1 aromatic rings.